The first-order valence-electron chi connectivity index (χ1n) is 8.75. The first-order chi connectivity index (χ1) is 13.3. The number of nitrogens with zero attached hydrogens (tertiary/aromatic N) is 1. The van der Waals surface area contributed by atoms with Crippen LogP contribution in [0.1, 0.15) is 18.4 Å². The Balaban J connectivity index is 1.65. The van der Waals surface area contributed by atoms with E-state index in [1.807, 2.05) is 0 Å². The van der Waals surface area contributed by atoms with Crippen molar-refractivity contribution in [3.63, 3.8) is 0 Å². The highest BCUT2D eigenvalue weighted by Gasteiger charge is 2.33. The molecule has 9 heteroatoms. The van der Waals surface area contributed by atoms with Gasteiger partial charge in [0, 0.05) is 34.2 Å². The minimum absolute atomic E-state index is 0.165. The standard InChI is InChI=1S/C19H19BrCl2N2O3S/c20-15-4-7-17(8-5-15)28(26,27)24-9-1-2-14(12-24)19(25)23-11-13-3-6-16(21)10-18(13)22/h3-8,10,14H,1-2,9,11-12H2,(H,23,25)/t14-/m0/s1. The van der Waals surface area contributed by atoms with Crippen molar-refractivity contribution in [1.29, 1.82) is 0 Å². The van der Waals surface area contributed by atoms with Gasteiger partial charge >= 0.3 is 0 Å². The molecule has 0 spiro atoms. The van der Waals surface area contributed by atoms with Crippen molar-refractivity contribution < 1.29 is 13.2 Å². The molecule has 0 saturated carbocycles. The normalized spacial score (nSPS) is 18.0. The molecule has 1 N–H and O–H groups in total. The molecule has 1 aliphatic rings. The fraction of sp³-hybridized carbons (Fsp3) is 0.316. The van der Waals surface area contributed by atoms with Gasteiger partial charge in [-0.2, -0.15) is 4.31 Å². The van der Waals surface area contributed by atoms with Crippen molar-refractivity contribution in [2.24, 2.45) is 5.92 Å². The van der Waals surface area contributed by atoms with Crippen molar-refractivity contribution in [3.05, 3.63) is 62.5 Å². The Bertz CT molecular complexity index is 968. The molecule has 0 bridgehead atoms. The molecule has 3 rings (SSSR count). The maximum atomic E-state index is 12.9. The lowest BCUT2D eigenvalue weighted by Crippen LogP contribution is -2.45. The van der Waals surface area contributed by atoms with Gasteiger partial charge in [0.1, 0.15) is 0 Å². The molecule has 2 aromatic rings. The summed E-state index contributed by atoms with van der Waals surface area (Å²) in [5, 5.41) is 3.87. The Morgan fingerprint density at radius 1 is 1.18 bits per heavy atom. The minimum atomic E-state index is -3.63. The predicted octanol–water partition coefficient (Wildman–Crippen LogP) is 4.47. The van der Waals surface area contributed by atoms with E-state index in [2.05, 4.69) is 21.2 Å². The van der Waals surface area contributed by atoms with E-state index in [4.69, 9.17) is 23.2 Å². The molecular weight excluding hydrogens is 487 g/mol. The number of rotatable bonds is 5. The highest BCUT2D eigenvalue weighted by atomic mass is 79.9. The summed E-state index contributed by atoms with van der Waals surface area (Å²) >= 11 is 15.3. The average Bonchev–Trinajstić information content (AvgIpc) is 2.67. The molecule has 0 aliphatic carbocycles. The predicted molar refractivity (Wildman–Crippen MR) is 114 cm³/mol. The van der Waals surface area contributed by atoms with E-state index in [1.54, 1.807) is 42.5 Å². The molecule has 0 aromatic heterocycles. The van der Waals surface area contributed by atoms with Gasteiger partial charge in [0.2, 0.25) is 15.9 Å². The molecule has 1 fully saturated rings. The summed E-state index contributed by atoms with van der Waals surface area (Å²) in [5.41, 5.74) is 0.759. The zero-order chi connectivity index (χ0) is 20.3. The van der Waals surface area contributed by atoms with Crippen LogP contribution in [0.4, 0.5) is 0 Å². The number of hydrogen-bond acceptors (Lipinski definition) is 3. The number of benzene rings is 2. The van der Waals surface area contributed by atoms with Crippen LogP contribution in [-0.2, 0) is 21.4 Å². The molecule has 5 nitrogen and oxygen atoms in total. The SMILES string of the molecule is O=C(NCc1ccc(Cl)cc1Cl)[C@H]1CCCN(S(=O)(=O)c2ccc(Br)cc2)C1. The molecule has 1 aliphatic heterocycles. The minimum Gasteiger partial charge on any atom is -0.352 e. The second kappa shape index (κ2) is 9.13. The van der Waals surface area contributed by atoms with E-state index in [9.17, 15) is 13.2 Å². The van der Waals surface area contributed by atoms with Crippen molar-refractivity contribution in [3.8, 4) is 0 Å². The summed E-state index contributed by atoms with van der Waals surface area (Å²) in [6.45, 7) is 0.842. The Hall–Kier alpha value is -1.12. The fourth-order valence-electron chi connectivity index (χ4n) is 3.12. The highest BCUT2D eigenvalue weighted by Crippen LogP contribution is 2.25. The lowest BCUT2D eigenvalue weighted by atomic mass is 9.99. The highest BCUT2D eigenvalue weighted by molar-refractivity contribution is 9.10. The van der Waals surface area contributed by atoms with Crippen LogP contribution in [0.5, 0.6) is 0 Å². The smallest absolute Gasteiger partial charge is 0.243 e. The molecule has 150 valence electrons. The van der Waals surface area contributed by atoms with Crippen molar-refractivity contribution >= 4 is 55.1 Å². The van der Waals surface area contributed by atoms with Crippen LogP contribution in [0, 0.1) is 5.92 Å². The van der Waals surface area contributed by atoms with E-state index in [1.165, 1.54) is 4.31 Å². The number of carbonyl (C=O) groups excluding carboxylic acids is 1. The van der Waals surface area contributed by atoms with Crippen LogP contribution in [0.15, 0.2) is 51.8 Å². The van der Waals surface area contributed by atoms with E-state index in [0.717, 1.165) is 10.0 Å². The van der Waals surface area contributed by atoms with Crippen molar-refractivity contribution in [1.82, 2.24) is 9.62 Å². The maximum Gasteiger partial charge on any atom is 0.243 e. The average molecular weight is 506 g/mol. The zero-order valence-electron chi connectivity index (χ0n) is 14.9. The fourth-order valence-corrected chi connectivity index (χ4v) is 5.39. The summed E-state index contributed by atoms with van der Waals surface area (Å²) < 4.78 is 27.9. The summed E-state index contributed by atoms with van der Waals surface area (Å²) in [4.78, 5) is 12.8. The zero-order valence-corrected chi connectivity index (χ0v) is 18.8. The van der Waals surface area contributed by atoms with E-state index in [-0.39, 0.29) is 23.9 Å². The van der Waals surface area contributed by atoms with E-state index < -0.39 is 15.9 Å². The molecule has 0 radical (unpaired) electrons. The van der Waals surface area contributed by atoms with Gasteiger partial charge in [-0.15, -0.1) is 0 Å². The summed E-state index contributed by atoms with van der Waals surface area (Å²) in [5.74, 6) is -0.577. The molecule has 28 heavy (non-hydrogen) atoms. The van der Waals surface area contributed by atoms with Crippen LogP contribution < -0.4 is 5.32 Å². The van der Waals surface area contributed by atoms with Crippen LogP contribution in [0.3, 0.4) is 0 Å². The third-order valence-electron chi connectivity index (χ3n) is 4.67. The number of halogens is 3. The Labute approximate surface area is 183 Å². The second-order valence-electron chi connectivity index (χ2n) is 6.61. The van der Waals surface area contributed by atoms with Gasteiger partial charge in [-0.1, -0.05) is 45.2 Å². The molecule has 1 heterocycles. The second-order valence-corrected chi connectivity index (χ2v) is 10.3. The van der Waals surface area contributed by atoms with Crippen molar-refractivity contribution in [2.75, 3.05) is 13.1 Å². The quantitative estimate of drug-likeness (QED) is 0.651. The number of carbonyl (C=O) groups is 1. The number of hydrogen-bond donors (Lipinski definition) is 1. The van der Waals surface area contributed by atoms with Gasteiger partial charge in [-0.05, 0) is 54.8 Å². The summed E-state index contributed by atoms with van der Waals surface area (Å²) in [6.07, 6.45) is 1.28. The Morgan fingerprint density at radius 3 is 2.57 bits per heavy atom. The van der Waals surface area contributed by atoms with Crippen LogP contribution in [0.2, 0.25) is 10.0 Å². The topological polar surface area (TPSA) is 66.5 Å². The van der Waals surface area contributed by atoms with Crippen LogP contribution >= 0.6 is 39.1 Å². The third kappa shape index (κ3) is 5.07. The molecule has 1 amide bonds. The van der Waals surface area contributed by atoms with Crippen molar-refractivity contribution in [2.45, 2.75) is 24.3 Å². The Kier molecular flexibility index (Phi) is 7.04. The van der Waals surface area contributed by atoms with E-state index in [0.29, 0.717) is 29.4 Å². The molecule has 1 saturated heterocycles. The summed E-state index contributed by atoms with van der Waals surface area (Å²) in [6, 6.07) is 11.6. The van der Waals surface area contributed by atoms with Crippen LogP contribution in [0.25, 0.3) is 0 Å². The first kappa shape index (κ1) is 21.6. The first-order valence-corrected chi connectivity index (χ1v) is 11.7. The number of piperidine rings is 1. The molecular formula is C19H19BrCl2N2O3S. The van der Waals surface area contributed by atoms with Gasteiger partial charge in [-0.3, -0.25) is 4.79 Å². The van der Waals surface area contributed by atoms with Gasteiger partial charge in [0.15, 0.2) is 0 Å². The third-order valence-corrected chi connectivity index (χ3v) is 7.67. The monoisotopic (exact) mass is 504 g/mol. The van der Waals surface area contributed by atoms with Gasteiger partial charge in [0.05, 0.1) is 10.8 Å². The number of amides is 1. The largest absolute Gasteiger partial charge is 0.352 e. The lowest BCUT2D eigenvalue weighted by Gasteiger charge is -2.31. The number of sulfonamides is 1. The van der Waals surface area contributed by atoms with Gasteiger partial charge in [0.25, 0.3) is 0 Å². The van der Waals surface area contributed by atoms with E-state index >= 15 is 0 Å². The number of nitrogens with one attached hydrogen (secondary N) is 1. The molecule has 0 unspecified atom stereocenters. The van der Waals surface area contributed by atoms with Gasteiger partial charge < -0.3 is 5.32 Å². The molecule has 2 aromatic carbocycles. The van der Waals surface area contributed by atoms with Gasteiger partial charge in [-0.25, -0.2) is 8.42 Å². The molecule has 1 atom stereocenters. The summed E-state index contributed by atoms with van der Waals surface area (Å²) in [7, 11) is -3.63. The maximum absolute atomic E-state index is 12.9. The van der Waals surface area contributed by atoms with Crippen LogP contribution in [-0.4, -0.2) is 31.7 Å². The lowest BCUT2D eigenvalue weighted by molar-refractivity contribution is -0.126. The Morgan fingerprint density at radius 2 is 1.89 bits per heavy atom.